The van der Waals surface area contributed by atoms with Gasteiger partial charge in [0.2, 0.25) is 0 Å². The summed E-state index contributed by atoms with van der Waals surface area (Å²) in [5.41, 5.74) is 0.523. The van der Waals surface area contributed by atoms with Gasteiger partial charge in [-0.05, 0) is 25.5 Å². The lowest BCUT2D eigenvalue weighted by Gasteiger charge is -2.06. The fourth-order valence-electron chi connectivity index (χ4n) is 3.08. The molecule has 1 aromatic carbocycles. The van der Waals surface area contributed by atoms with E-state index in [2.05, 4.69) is 15.0 Å². The second-order valence-corrected chi connectivity index (χ2v) is 7.46. The van der Waals surface area contributed by atoms with Crippen LogP contribution in [0.15, 0.2) is 44.7 Å². The molecule has 0 bridgehead atoms. The molecule has 29 heavy (non-hydrogen) atoms. The van der Waals surface area contributed by atoms with Crippen molar-refractivity contribution in [3.63, 3.8) is 0 Å². The zero-order valence-corrected chi connectivity index (χ0v) is 16.2. The third kappa shape index (κ3) is 3.74. The van der Waals surface area contributed by atoms with Crippen LogP contribution in [0.5, 0.6) is 0 Å². The molecule has 0 spiro atoms. The highest BCUT2D eigenvalue weighted by Crippen LogP contribution is 2.23. The SMILES string of the molecule is Cc1[nH]c(=O)[nH]c(=O)c1CCC(=O)OCc1cc(=O)n2c(n1)sc1ccccc12. The standard InChI is InChI=1S/C19H16N4O5S/c1-10-12(17(26)22-18(27)20-10)6-7-16(25)28-9-11-8-15(24)23-13-4-2-3-5-14(13)29-19(23)21-11/h2-5,8H,6-7,9H2,1H3,(H2,20,22,26,27). The molecular weight excluding hydrogens is 396 g/mol. The largest absolute Gasteiger partial charge is 0.459 e. The second-order valence-electron chi connectivity index (χ2n) is 6.45. The number of carbonyl (C=O) groups is 1. The topological polar surface area (TPSA) is 126 Å². The number of para-hydroxylation sites is 1. The Hall–Kier alpha value is -3.53. The minimum absolute atomic E-state index is 0.0416. The number of aromatic nitrogens is 4. The monoisotopic (exact) mass is 412 g/mol. The molecule has 0 unspecified atom stereocenters. The highest BCUT2D eigenvalue weighted by atomic mass is 32.1. The summed E-state index contributed by atoms with van der Waals surface area (Å²) in [6, 6.07) is 8.85. The van der Waals surface area contributed by atoms with Crippen LogP contribution >= 0.6 is 11.3 Å². The minimum Gasteiger partial charge on any atom is -0.459 e. The molecule has 0 aliphatic rings. The lowest BCUT2D eigenvalue weighted by Crippen LogP contribution is -2.27. The van der Waals surface area contributed by atoms with Gasteiger partial charge in [0.1, 0.15) is 6.61 Å². The molecule has 3 aromatic heterocycles. The number of nitrogens with one attached hydrogen (secondary N) is 2. The average Bonchev–Trinajstić information content (AvgIpc) is 3.04. The van der Waals surface area contributed by atoms with Gasteiger partial charge >= 0.3 is 11.7 Å². The maximum atomic E-state index is 12.5. The van der Waals surface area contributed by atoms with E-state index in [4.69, 9.17) is 4.74 Å². The van der Waals surface area contributed by atoms with Crippen molar-refractivity contribution >= 4 is 32.5 Å². The Morgan fingerprint density at radius 3 is 2.79 bits per heavy atom. The van der Waals surface area contributed by atoms with Crippen molar-refractivity contribution in [2.45, 2.75) is 26.4 Å². The first kappa shape index (κ1) is 18.8. The summed E-state index contributed by atoms with van der Waals surface area (Å²) in [6.45, 7) is 1.45. The van der Waals surface area contributed by atoms with Crippen LogP contribution in [-0.2, 0) is 22.6 Å². The molecule has 4 aromatic rings. The van der Waals surface area contributed by atoms with Crippen molar-refractivity contribution in [3.8, 4) is 0 Å². The normalized spacial score (nSPS) is 11.2. The first-order chi connectivity index (χ1) is 13.9. The van der Waals surface area contributed by atoms with E-state index in [0.717, 1.165) is 10.2 Å². The molecule has 0 radical (unpaired) electrons. The molecule has 0 aliphatic heterocycles. The van der Waals surface area contributed by atoms with E-state index in [9.17, 15) is 19.2 Å². The Labute approximate surface area is 166 Å². The van der Waals surface area contributed by atoms with Gasteiger partial charge in [-0.25, -0.2) is 9.78 Å². The second kappa shape index (κ2) is 7.47. The molecule has 10 heteroatoms. The Kier molecular flexibility index (Phi) is 4.85. The summed E-state index contributed by atoms with van der Waals surface area (Å²) in [6.07, 6.45) is 0.0856. The molecule has 0 aliphatic carbocycles. The first-order valence-electron chi connectivity index (χ1n) is 8.80. The van der Waals surface area contributed by atoms with Gasteiger partial charge in [0.25, 0.3) is 11.1 Å². The molecular formula is C19H16N4O5S. The summed E-state index contributed by atoms with van der Waals surface area (Å²) < 4.78 is 7.66. The highest BCUT2D eigenvalue weighted by molar-refractivity contribution is 7.23. The summed E-state index contributed by atoms with van der Waals surface area (Å²) in [4.78, 5) is 57.1. The van der Waals surface area contributed by atoms with Crippen LogP contribution in [-0.4, -0.2) is 25.3 Å². The number of H-pyrrole nitrogens is 2. The molecule has 4 rings (SSSR count). The third-order valence-electron chi connectivity index (χ3n) is 4.46. The lowest BCUT2D eigenvalue weighted by molar-refractivity contribution is -0.145. The number of aryl methyl sites for hydroxylation is 1. The number of hydrogen-bond donors (Lipinski definition) is 2. The zero-order chi connectivity index (χ0) is 20.5. The summed E-state index contributed by atoms with van der Waals surface area (Å²) in [5, 5.41) is 0. The van der Waals surface area contributed by atoms with E-state index in [1.54, 1.807) is 6.92 Å². The van der Waals surface area contributed by atoms with Gasteiger partial charge in [-0.3, -0.25) is 23.8 Å². The Morgan fingerprint density at radius 2 is 2.00 bits per heavy atom. The van der Waals surface area contributed by atoms with Crippen molar-refractivity contribution in [3.05, 3.63) is 78.5 Å². The third-order valence-corrected chi connectivity index (χ3v) is 5.48. The Bertz CT molecular complexity index is 1410. The molecule has 0 saturated carbocycles. The van der Waals surface area contributed by atoms with Gasteiger partial charge < -0.3 is 9.72 Å². The van der Waals surface area contributed by atoms with Gasteiger partial charge in [-0.2, -0.15) is 0 Å². The number of benzene rings is 1. The number of carbonyl (C=O) groups excluding carboxylic acids is 1. The molecule has 9 nitrogen and oxygen atoms in total. The number of rotatable bonds is 5. The maximum Gasteiger partial charge on any atom is 0.325 e. The Morgan fingerprint density at radius 1 is 1.21 bits per heavy atom. The predicted molar refractivity (Wildman–Crippen MR) is 107 cm³/mol. The fourth-order valence-corrected chi connectivity index (χ4v) is 4.13. The van der Waals surface area contributed by atoms with Crippen molar-refractivity contribution < 1.29 is 9.53 Å². The van der Waals surface area contributed by atoms with Crippen molar-refractivity contribution in [1.29, 1.82) is 0 Å². The fraction of sp³-hybridized carbons (Fsp3) is 0.211. The lowest BCUT2D eigenvalue weighted by atomic mass is 10.1. The molecule has 3 heterocycles. The smallest absolute Gasteiger partial charge is 0.325 e. The van der Waals surface area contributed by atoms with Gasteiger partial charge in [0.15, 0.2) is 4.96 Å². The zero-order valence-electron chi connectivity index (χ0n) is 15.4. The minimum atomic E-state index is -0.590. The highest BCUT2D eigenvalue weighted by Gasteiger charge is 2.13. The molecule has 0 saturated heterocycles. The Balaban J connectivity index is 1.46. The van der Waals surface area contributed by atoms with Gasteiger partial charge in [-0.1, -0.05) is 23.5 Å². The van der Waals surface area contributed by atoms with Crippen LogP contribution in [0, 0.1) is 6.92 Å². The summed E-state index contributed by atoms with van der Waals surface area (Å²) in [7, 11) is 0. The number of thiazole rings is 1. The average molecular weight is 412 g/mol. The summed E-state index contributed by atoms with van der Waals surface area (Å²) >= 11 is 1.38. The van der Waals surface area contributed by atoms with E-state index in [-0.39, 0.29) is 25.0 Å². The maximum absolute atomic E-state index is 12.5. The van der Waals surface area contributed by atoms with E-state index in [0.29, 0.717) is 21.9 Å². The molecule has 148 valence electrons. The van der Waals surface area contributed by atoms with E-state index in [1.165, 1.54) is 21.8 Å². The first-order valence-corrected chi connectivity index (χ1v) is 9.62. The van der Waals surface area contributed by atoms with Gasteiger partial charge in [0.05, 0.1) is 15.9 Å². The number of ether oxygens (including phenoxy) is 1. The number of hydrogen-bond acceptors (Lipinski definition) is 7. The molecule has 0 atom stereocenters. The predicted octanol–water partition coefficient (Wildman–Crippen LogP) is 1.27. The summed E-state index contributed by atoms with van der Waals surface area (Å²) in [5.74, 6) is -0.534. The van der Waals surface area contributed by atoms with Crippen molar-refractivity contribution in [2.24, 2.45) is 0 Å². The molecule has 0 amide bonds. The van der Waals surface area contributed by atoms with Crippen molar-refractivity contribution in [1.82, 2.24) is 19.4 Å². The van der Waals surface area contributed by atoms with Gasteiger partial charge in [-0.15, -0.1) is 0 Å². The quantitative estimate of drug-likeness (QED) is 0.476. The van der Waals surface area contributed by atoms with E-state index >= 15 is 0 Å². The molecule has 2 N–H and O–H groups in total. The number of esters is 1. The van der Waals surface area contributed by atoms with E-state index in [1.807, 2.05) is 24.3 Å². The number of nitrogens with zero attached hydrogens (tertiary/aromatic N) is 2. The van der Waals surface area contributed by atoms with Crippen LogP contribution in [0.25, 0.3) is 15.2 Å². The van der Waals surface area contributed by atoms with Crippen LogP contribution in [0.2, 0.25) is 0 Å². The van der Waals surface area contributed by atoms with Gasteiger partial charge in [0, 0.05) is 23.7 Å². The van der Waals surface area contributed by atoms with Crippen LogP contribution < -0.4 is 16.8 Å². The number of aromatic amines is 2. The van der Waals surface area contributed by atoms with Crippen LogP contribution in [0.1, 0.15) is 23.4 Å². The molecule has 0 fully saturated rings. The number of fused-ring (bicyclic) bond motifs is 3. The van der Waals surface area contributed by atoms with Crippen molar-refractivity contribution in [2.75, 3.05) is 0 Å². The van der Waals surface area contributed by atoms with E-state index < -0.39 is 17.2 Å². The van der Waals surface area contributed by atoms with Crippen LogP contribution in [0.4, 0.5) is 0 Å². The van der Waals surface area contributed by atoms with Crippen LogP contribution in [0.3, 0.4) is 0 Å².